The van der Waals surface area contributed by atoms with Gasteiger partial charge in [-0.15, -0.1) is 0 Å². The molecule has 0 unspecified atom stereocenters. The number of hydrogen-bond donors (Lipinski definition) is 1. The number of likely N-dealkylation sites (tertiary alicyclic amines) is 2. The summed E-state index contributed by atoms with van der Waals surface area (Å²) in [6.07, 6.45) is 7.09. The maximum atomic E-state index is 12.7. The molecule has 1 atom stereocenters. The molecule has 27 heavy (non-hydrogen) atoms. The number of carbonyl (C=O) groups excluding carboxylic acids is 1. The molecule has 1 aromatic rings. The topological polar surface area (TPSA) is 35.6 Å². The summed E-state index contributed by atoms with van der Waals surface area (Å²) in [5, 5.41) is 3.37. The highest BCUT2D eigenvalue weighted by atomic mass is 16.2. The Kier molecular flexibility index (Phi) is 5.45. The van der Waals surface area contributed by atoms with E-state index in [0.29, 0.717) is 0 Å². The third-order valence-corrected chi connectivity index (χ3v) is 7.03. The lowest BCUT2D eigenvalue weighted by Gasteiger charge is -2.40. The molecule has 2 amide bonds. The molecule has 0 radical (unpaired) electrons. The first-order chi connectivity index (χ1) is 13.1. The maximum absolute atomic E-state index is 12.7. The van der Waals surface area contributed by atoms with Gasteiger partial charge < -0.3 is 15.1 Å². The predicted molar refractivity (Wildman–Crippen MR) is 110 cm³/mol. The van der Waals surface area contributed by atoms with E-state index in [9.17, 15) is 4.79 Å². The van der Waals surface area contributed by atoms with Gasteiger partial charge in [0.1, 0.15) is 0 Å². The Labute approximate surface area is 164 Å². The van der Waals surface area contributed by atoms with E-state index in [1.807, 2.05) is 4.90 Å². The minimum Gasteiger partial charge on any atom is -0.331 e. The Bertz CT molecular complexity index is 657. The second-order valence-corrected chi connectivity index (χ2v) is 9.29. The lowest BCUT2D eigenvalue weighted by molar-refractivity contribution is 0.146. The zero-order valence-corrected chi connectivity index (χ0v) is 17.0. The number of nitrogens with one attached hydrogen (secondary N) is 1. The van der Waals surface area contributed by atoms with Gasteiger partial charge in [-0.25, -0.2) is 4.79 Å². The Hall–Kier alpha value is -1.55. The third kappa shape index (κ3) is 3.87. The van der Waals surface area contributed by atoms with Crippen molar-refractivity contribution in [3.05, 3.63) is 35.4 Å². The van der Waals surface area contributed by atoms with Crippen molar-refractivity contribution in [2.24, 2.45) is 5.92 Å². The van der Waals surface area contributed by atoms with Crippen molar-refractivity contribution in [3.63, 3.8) is 0 Å². The van der Waals surface area contributed by atoms with Crippen LogP contribution < -0.4 is 5.32 Å². The van der Waals surface area contributed by atoms with Gasteiger partial charge in [0.25, 0.3) is 0 Å². The Morgan fingerprint density at radius 1 is 1.15 bits per heavy atom. The SMILES string of the molecule is CC(C)CCN1CCC2(CC1)C[C@H](NC(=O)N1CCCC1)c1ccccc12. The molecule has 0 aromatic heterocycles. The summed E-state index contributed by atoms with van der Waals surface area (Å²) in [5.74, 6) is 0.776. The van der Waals surface area contributed by atoms with Gasteiger partial charge in [-0.05, 0) is 75.2 Å². The van der Waals surface area contributed by atoms with Crippen molar-refractivity contribution in [3.8, 4) is 0 Å². The predicted octanol–water partition coefficient (Wildman–Crippen LogP) is 4.32. The van der Waals surface area contributed by atoms with Gasteiger partial charge in [-0.2, -0.15) is 0 Å². The summed E-state index contributed by atoms with van der Waals surface area (Å²) in [5.41, 5.74) is 3.12. The normalized spacial score (nSPS) is 24.6. The van der Waals surface area contributed by atoms with Crippen LogP contribution in [0.4, 0.5) is 4.79 Å². The quantitative estimate of drug-likeness (QED) is 0.858. The van der Waals surface area contributed by atoms with E-state index >= 15 is 0 Å². The van der Waals surface area contributed by atoms with Crippen molar-refractivity contribution in [2.75, 3.05) is 32.7 Å². The first-order valence-electron chi connectivity index (χ1n) is 10.9. The highest BCUT2D eigenvalue weighted by molar-refractivity contribution is 5.75. The van der Waals surface area contributed by atoms with E-state index < -0.39 is 0 Å². The van der Waals surface area contributed by atoms with Crippen LogP contribution >= 0.6 is 0 Å². The molecule has 2 saturated heterocycles. The standard InChI is InChI=1S/C23H35N3O/c1-18(2)9-14-25-15-10-23(11-16-25)17-21(19-7-3-4-8-20(19)23)24-22(27)26-12-5-6-13-26/h3-4,7-8,18,21H,5-6,9-17H2,1-2H3,(H,24,27)/t21-/m0/s1. The second kappa shape index (κ2) is 7.83. The minimum absolute atomic E-state index is 0.138. The van der Waals surface area contributed by atoms with Gasteiger partial charge in [-0.3, -0.25) is 0 Å². The van der Waals surface area contributed by atoms with Gasteiger partial charge >= 0.3 is 6.03 Å². The van der Waals surface area contributed by atoms with Gasteiger partial charge in [0.05, 0.1) is 6.04 Å². The molecule has 1 N–H and O–H groups in total. The van der Waals surface area contributed by atoms with E-state index in [2.05, 4.69) is 48.3 Å². The molecule has 0 bridgehead atoms. The van der Waals surface area contributed by atoms with E-state index in [0.717, 1.165) is 38.3 Å². The number of urea groups is 1. The van der Waals surface area contributed by atoms with Crippen LogP contribution in [-0.2, 0) is 5.41 Å². The fourth-order valence-corrected chi connectivity index (χ4v) is 5.30. The largest absolute Gasteiger partial charge is 0.331 e. The average molecular weight is 370 g/mol. The Morgan fingerprint density at radius 2 is 1.85 bits per heavy atom. The first-order valence-corrected chi connectivity index (χ1v) is 10.9. The molecule has 148 valence electrons. The molecule has 3 aliphatic rings. The van der Waals surface area contributed by atoms with E-state index in [1.54, 1.807) is 0 Å². The number of hydrogen-bond acceptors (Lipinski definition) is 2. The van der Waals surface area contributed by atoms with Crippen molar-refractivity contribution >= 4 is 6.03 Å². The third-order valence-electron chi connectivity index (χ3n) is 7.03. The number of amides is 2. The lowest BCUT2D eigenvalue weighted by atomic mass is 9.73. The number of fused-ring (bicyclic) bond motifs is 2. The summed E-state index contributed by atoms with van der Waals surface area (Å²) in [7, 11) is 0. The first kappa shape index (κ1) is 18.8. The second-order valence-electron chi connectivity index (χ2n) is 9.29. The smallest absolute Gasteiger partial charge is 0.317 e. The zero-order valence-electron chi connectivity index (χ0n) is 17.0. The highest BCUT2D eigenvalue weighted by Crippen LogP contribution is 2.50. The molecule has 4 rings (SSSR count). The molecule has 2 fully saturated rings. The van der Waals surface area contributed by atoms with Crippen LogP contribution in [0.5, 0.6) is 0 Å². The molecular weight excluding hydrogens is 334 g/mol. The molecule has 2 aliphatic heterocycles. The molecule has 4 nitrogen and oxygen atoms in total. The highest BCUT2D eigenvalue weighted by Gasteiger charge is 2.45. The van der Waals surface area contributed by atoms with Crippen LogP contribution in [0.1, 0.15) is 69.5 Å². The summed E-state index contributed by atoms with van der Waals surface area (Å²) < 4.78 is 0. The van der Waals surface area contributed by atoms with Gasteiger partial charge in [-0.1, -0.05) is 38.1 Å². The molecule has 1 spiro atoms. The van der Waals surface area contributed by atoms with E-state index in [1.165, 1.54) is 50.0 Å². The molecule has 0 saturated carbocycles. The van der Waals surface area contributed by atoms with Crippen LogP contribution in [-0.4, -0.2) is 48.6 Å². The summed E-state index contributed by atoms with van der Waals surface area (Å²) in [6.45, 7) is 10.1. The number of piperidine rings is 1. The molecule has 4 heteroatoms. The lowest BCUT2D eigenvalue weighted by Crippen LogP contribution is -2.43. The van der Waals surface area contributed by atoms with Crippen LogP contribution in [0.25, 0.3) is 0 Å². The van der Waals surface area contributed by atoms with Crippen molar-refractivity contribution < 1.29 is 4.79 Å². The number of carbonyl (C=O) groups is 1. The minimum atomic E-state index is 0.138. The molecule has 1 aromatic carbocycles. The van der Waals surface area contributed by atoms with Crippen LogP contribution in [0.15, 0.2) is 24.3 Å². The van der Waals surface area contributed by atoms with Gasteiger partial charge in [0.15, 0.2) is 0 Å². The van der Waals surface area contributed by atoms with Crippen molar-refractivity contribution in [1.29, 1.82) is 0 Å². The summed E-state index contributed by atoms with van der Waals surface area (Å²) in [6, 6.07) is 9.18. The van der Waals surface area contributed by atoms with E-state index in [-0.39, 0.29) is 17.5 Å². The van der Waals surface area contributed by atoms with Crippen molar-refractivity contribution in [2.45, 2.75) is 63.8 Å². The summed E-state index contributed by atoms with van der Waals surface area (Å²) >= 11 is 0. The fraction of sp³-hybridized carbons (Fsp3) is 0.696. The fourth-order valence-electron chi connectivity index (χ4n) is 5.30. The Balaban J connectivity index is 1.45. The molecular formula is C23H35N3O. The number of benzene rings is 1. The van der Waals surface area contributed by atoms with Gasteiger partial charge in [0, 0.05) is 18.5 Å². The zero-order chi connectivity index (χ0) is 18.9. The molecule has 2 heterocycles. The van der Waals surface area contributed by atoms with Crippen molar-refractivity contribution in [1.82, 2.24) is 15.1 Å². The van der Waals surface area contributed by atoms with Crippen LogP contribution in [0, 0.1) is 5.92 Å². The number of rotatable bonds is 4. The number of nitrogens with zero attached hydrogens (tertiary/aromatic N) is 2. The monoisotopic (exact) mass is 369 g/mol. The average Bonchev–Trinajstić information content (AvgIpc) is 3.30. The molecule has 1 aliphatic carbocycles. The maximum Gasteiger partial charge on any atom is 0.317 e. The summed E-state index contributed by atoms with van der Waals surface area (Å²) in [4.78, 5) is 17.3. The van der Waals surface area contributed by atoms with E-state index in [4.69, 9.17) is 0 Å². The van der Waals surface area contributed by atoms with Gasteiger partial charge in [0.2, 0.25) is 0 Å². The van der Waals surface area contributed by atoms with Crippen LogP contribution in [0.2, 0.25) is 0 Å². The Morgan fingerprint density at radius 3 is 2.56 bits per heavy atom. The van der Waals surface area contributed by atoms with Crippen LogP contribution in [0.3, 0.4) is 0 Å².